The van der Waals surface area contributed by atoms with Crippen molar-refractivity contribution >= 4 is 17.9 Å². The molecule has 0 heterocycles. The van der Waals surface area contributed by atoms with E-state index < -0.39 is 6.10 Å². The van der Waals surface area contributed by atoms with Crippen LogP contribution < -0.4 is 0 Å². The molecule has 0 amide bonds. The maximum Gasteiger partial charge on any atom is 0.306 e. The van der Waals surface area contributed by atoms with E-state index in [0.717, 1.165) is 83.5 Å². The molecule has 0 N–H and O–H groups in total. The molecule has 1 unspecified atom stereocenters. The molecule has 6 heteroatoms. The van der Waals surface area contributed by atoms with Crippen LogP contribution in [0.15, 0.2) is 36.5 Å². The summed E-state index contributed by atoms with van der Waals surface area (Å²) in [7, 11) is 0. The first-order valence-corrected chi connectivity index (χ1v) is 26.0. The summed E-state index contributed by atoms with van der Waals surface area (Å²) in [5.74, 6) is -0.910. The molecule has 0 rings (SSSR count). The maximum atomic E-state index is 12.8. The van der Waals surface area contributed by atoms with Crippen LogP contribution in [0.5, 0.6) is 0 Å². The fourth-order valence-corrected chi connectivity index (χ4v) is 7.43. The van der Waals surface area contributed by atoms with Crippen molar-refractivity contribution in [2.24, 2.45) is 0 Å². The van der Waals surface area contributed by atoms with Crippen LogP contribution in [0, 0.1) is 0 Å². The summed E-state index contributed by atoms with van der Waals surface area (Å²) in [4.78, 5) is 37.9. The molecule has 0 aromatic carbocycles. The van der Waals surface area contributed by atoms with Crippen LogP contribution >= 0.6 is 0 Å². The summed E-state index contributed by atoms with van der Waals surface area (Å²) < 4.78 is 16.8. The number of hydrogen-bond acceptors (Lipinski definition) is 6. The molecule has 0 aliphatic carbocycles. The van der Waals surface area contributed by atoms with Crippen molar-refractivity contribution in [1.82, 2.24) is 0 Å². The topological polar surface area (TPSA) is 78.9 Å². The molecular formula is C54H98O6. The highest BCUT2D eigenvalue weighted by Gasteiger charge is 2.19. The van der Waals surface area contributed by atoms with Gasteiger partial charge in [-0.2, -0.15) is 0 Å². The third-order valence-electron chi connectivity index (χ3n) is 11.4. The van der Waals surface area contributed by atoms with Gasteiger partial charge < -0.3 is 14.2 Å². The third-order valence-corrected chi connectivity index (χ3v) is 11.4. The molecule has 1 atom stereocenters. The Morgan fingerprint density at radius 1 is 0.333 bits per heavy atom. The van der Waals surface area contributed by atoms with Crippen molar-refractivity contribution in [3.8, 4) is 0 Å². The van der Waals surface area contributed by atoms with Crippen molar-refractivity contribution in [2.45, 2.75) is 277 Å². The minimum absolute atomic E-state index is 0.0814. The lowest BCUT2D eigenvalue weighted by atomic mass is 10.1. The van der Waals surface area contributed by atoms with Crippen molar-refractivity contribution in [2.75, 3.05) is 13.2 Å². The molecule has 0 aromatic heterocycles. The van der Waals surface area contributed by atoms with Gasteiger partial charge in [-0.1, -0.05) is 218 Å². The lowest BCUT2D eigenvalue weighted by Crippen LogP contribution is -2.30. The van der Waals surface area contributed by atoms with E-state index in [0.29, 0.717) is 19.3 Å². The Bertz CT molecular complexity index is 1020. The number of esters is 3. The minimum Gasteiger partial charge on any atom is -0.462 e. The first-order valence-electron chi connectivity index (χ1n) is 26.0. The molecule has 0 saturated carbocycles. The van der Waals surface area contributed by atoms with Crippen molar-refractivity contribution < 1.29 is 28.6 Å². The van der Waals surface area contributed by atoms with Gasteiger partial charge in [-0.25, -0.2) is 0 Å². The zero-order valence-electron chi connectivity index (χ0n) is 40.0. The van der Waals surface area contributed by atoms with E-state index in [1.165, 1.54) is 148 Å². The summed E-state index contributed by atoms with van der Waals surface area (Å²) >= 11 is 0. The average Bonchev–Trinajstić information content (AvgIpc) is 3.24. The molecule has 0 bridgehead atoms. The zero-order valence-corrected chi connectivity index (χ0v) is 40.0. The molecule has 0 aliphatic rings. The third kappa shape index (κ3) is 46.7. The quantitative estimate of drug-likeness (QED) is 0.0200. The van der Waals surface area contributed by atoms with E-state index >= 15 is 0 Å². The van der Waals surface area contributed by atoms with Gasteiger partial charge in [-0.05, 0) is 70.6 Å². The average molecular weight is 843 g/mol. The Kier molecular flexibility index (Phi) is 47.3. The van der Waals surface area contributed by atoms with Crippen LogP contribution in [-0.2, 0) is 28.6 Å². The molecule has 0 aliphatic heterocycles. The molecule has 350 valence electrons. The molecule has 0 aromatic rings. The lowest BCUT2D eigenvalue weighted by Gasteiger charge is -2.18. The fraction of sp³-hybridized carbons (Fsp3) is 0.833. The number of hydrogen-bond donors (Lipinski definition) is 0. The molecule has 0 saturated heterocycles. The molecule has 0 radical (unpaired) electrons. The Morgan fingerprint density at radius 3 is 0.950 bits per heavy atom. The van der Waals surface area contributed by atoms with Crippen LogP contribution in [0.25, 0.3) is 0 Å². The van der Waals surface area contributed by atoms with E-state index in [2.05, 4.69) is 57.2 Å². The van der Waals surface area contributed by atoms with E-state index in [1.807, 2.05) is 0 Å². The molecule has 0 fully saturated rings. The summed E-state index contributed by atoms with van der Waals surface area (Å²) in [6, 6.07) is 0. The monoisotopic (exact) mass is 843 g/mol. The van der Waals surface area contributed by atoms with Gasteiger partial charge in [0, 0.05) is 19.3 Å². The first-order chi connectivity index (χ1) is 29.5. The highest BCUT2D eigenvalue weighted by molar-refractivity contribution is 5.71. The summed E-state index contributed by atoms with van der Waals surface area (Å²) in [5.41, 5.74) is 0. The largest absolute Gasteiger partial charge is 0.462 e. The second-order valence-electron chi connectivity index (χ2n) is 17.5. The van der Waals surface area contributed by atoms with Gasteiger partial charge in [0.15, 0.2) is 6.10 Å². The Balaban J connectivity index is 4.38. The van der Waals surface area contributed by atoms with Gasteiger partial charge in [-0.3, -0.25) is 14.4 Å². The van der Waals surface area contributed by atoms with E-state index in [1.54, 1.807) is 0 Å². The minimum atomic E-state index is -0.782. The molecule has 60 heavy (non-hydrogen) atoms. The number of unbranched alkanes of at least 4 members (excludes halogenated alkanes) is 31. The maximum absolute atomic E-state index is 12.8. The number of allylic oxidation sites excluding steroid dienone is 6. The van der Waals surface area contributed by atoms with Gasteiger partial charge >= 0.3 is 17.9 Å². The Hall–Kier alpha value is -2.37. The van der Waals surface area contributed by atoms with Crippen molar-refractivity contribution in [3.63, 3.8) is 0 Å². The van der Waals surface area contributed by atoms with Gasteiger partial charge in [0.05, 0.1) is 0 Å². The molecular weight excluding hydrogens is 745 g/mol. The van der Waals surface area contributed by atoms with Crippen LogP contribution in [-0.4, -0.2) is 37.2 Å². The van der Waals surface area contributed by atoms with Gasteiger partial charge in [0.2, 0.25) is 0 Å². The second-order valence-corrected chi connectivity index (χ2v) is 17.5. The number of ether oxygens (including phenoxy) is 3. The predicted octanol–water partition coefficient (Wildman–Crippen LogP) is 16.9. The van der Waals surface area contributed by atoms with E-state index in [-0.39, 0.29) is 31.1 Å². The summed E-state index contributed by atoms with van der Waals surface area (Å²) in [5, 5.41) is 0. The Morgan fingerprint density at radius 2 is 0.600 bits per heavy atom. The predicted molar refractivity (Wildman–Crippen MR) is 256 cm³/mol. The zero-order chi connectivity index (χ0) is 43.7. The van der Waals surface area contributed by atoms with Crippen molar-refractivity contribution in [1.29, 1.82) is 0 Å². The standard InChI is InChI=1S/C54H98O6/c1-4-7-10-13-16-19-22-24-26-28-30-32-35-38-41-44-47-53(56)59-50-51(49-58-52(55)46-43-40-37-34-21-18-15-12-9-6-3)60-54(57)48-45-42-39-36-33-31-29-27-25-23-20-17-14-11-8-5-2/h26-30,32,51H,4-25,31,33-50H2,1-3H3/b28-26-,29-27-,32-30-. The Labute approximate surface area is 372 Å². The fourth-order valence-electron chi connectivity index (χ4n) is 7.43. The van der Waals surface area contributed by atoms with E-state index in [4.69, 9.17) is 14.2 Å². The summed E-state index contributed by atoms with van der Waals surface area (Å²) in [6.45, 7) is 6.60. The smallest absolute Gasteiger partial charge is 0.306 e. The van der Waals surface area contributed by atoms with Gasteiger partial charge in [0.25, 0.3) is 0 Å². The van der Waals surface area contributed by atoms with Crippen LogP contribution in [0.3, 0.4) is 0 Å². The first kappa shape index (κ1) is 57.6. The SMILES string of the molecule is CCCCCCCCC/C=C\C=C/CCCCCC(=O)OCC(COC(=O)CCCCCCCCCCCC)OC(=O)CCCCCCC/C=C\CCCCCCCCC. The number of rotatable bonds is 47. The van der Waals surface area contributed by atoms with E-state index in [9.17, 15) is 14.4 Å². The van der Waals surface area contributed by atoms with Crippen LogP contribution in [0.2, 0.25) is 0 Å². The highest BCUT2D eigenvalue weighted by atomic mass is 16.6. The van der Waals surface area contributed by atoms with Crippen LogP contribution in [0.4, 0.5) is 0 Å². The molecule has 0 spiro atoms. The van der Waals surface area contributed by atoms with Crippen molar-refractivity contribution in [3.05, 3.63) is 36.5 Å². The number of carbonyl (C=O) groups excluding carboxylic acids is 3. The lowest BCUT2D eigenvalue weighted by molar-refractivity contribution is -0.167. The van der Waals surface area contributed by atoms with Crippen LogP contribution in [0.1, 0.15) is 271 Å². The number of carbonyl (C=O) groups is 3. The normalized spacial score (nSPS) is 12.2. The van der Waals surface area contributed by atoms with Gasteiger partial charge in [0.1, 0.15) is 13.2 Å². The summed E-state index contributed by atoms with van der Waals surface area (Å²) in [6.07, 6.45) is 57.0. The second kappa shape index (κ2) is 49.3. The molecule has 6 nitrogen and oxygen atoms in total. The van der Waals surface area contributed by atoms with Gasteiger partial charge in [-0.15, -0.1) is 0 Å². The highest BCUT2D eigenvalue weighted by Crippen LogP contribution is 2.15.